The topological polar surface area (TPSA) is 92.6 Å². The van der Waals surface area contributed by atoms with Crippen LogP contribution in [0.3, 0.4) is 0 Å². The minimum atomic E-state index is -3.92. The highest BCUT2D eigenvalue weighted by atomic mass is 35.5. The fourth-order valence-electron chi connectivity index (χ4n) is 3.48. The second kappa shape index (κ2) is 6.15. The minimum absolute atomic E-state index is 0.0264. The lowest BCUT2D eigenvalue weighted by Crippen LogP contribution is -2.32. The second-order valence-corrected chi connectivity index (χ2v) is 9.07. The summed E-state index contributed by atoms with van der Waals surface area (Å²) in [6.45, 7) is 0. The lowest BCUT2D eigenvalue weighted by atomic mass is 9.93. The van der Waals surface area contributed by atoms with Crippen molar-refractivity contribution in [3.63, 3.8) is 0 Å². The number of fused-ring (bicyclic) bond motifs is 1. The summed E-state index contributed by atoms with van der Waals surface area (Å²) in [5.41, 5.74) is 1.65. The average Bonchev–Trinajstić information content (AvgIpc) is 3.10. The highest BCUT2D eigenvalue weighted by Crippen LogP contribution is 2.37. The van der Waals surface area contributed by atoms with Gasteiger partial charge >= 0.3 is 10.2 Å². The van der Waals surface area contributed by atoms with Crippen LogP contribution in [0, 0.1) is 0 Å². The Morgan fingerprint density at radius 1 is 1.07 bits per heavy atom. The molecule has 27 heavy (non-hydrogen) atoms. The first-order chi connectivity index (χ1) is 12.7. The molecule has 0 atom stereocenters. The Labute approximate surface area is 161 Å². The van der Waals surface area contributed by atoms with E-state index in [1.807, 2.05) is 0 Å². The van der Waals surface area contributed by atoms with Crippen molar-refractivity contribution in [3.05, 3.63) is 34.5 Å². The number of aromatic nitrogens is 2. The predicted molar refractivity (Wildman–Crippen MR) is 101 cm³/mol. The molecule has 2 heterocycles. The number of hydrogen-bond donors (Lipinski definition) is 0. The van der Waals surface area contributed by atoms with Gasteiger partial charge in [0.15, 0.2) is 5.15 Å². The van der Waals surface area contributed by atoms with Gasteiger partial charge in [0.25, 0.3) is 11.8 Å². The van der Waals surface area contributed by atoms with Gasteiger partial charge in [0.05, 0.1) is 11.2 Å². The number of imide groups is 1. The molecule has 0 spiro atoms. The Morgan fingerprint density at radius 2 is 1.67 bits per heavy atom. The fraction of sp³-hybridized carbons (Fsp3) is 0.353. The summed E-state index contributed by atoms with van der Waals surface area (Å²) < 4.78 is 26.9. The number of carbonyl (C=O) groups is 2. The zero-order valence-electron chi connectivity index (χ0n) is 14.8. The van der Waals surface area contributed by atoms with Crippen LogP contribution in [0.15, 0.2) is 29.3 Å². The summed E-state index contributed by atoms with van der Waals surface area (Å²) in [5, 5.41) is 4.36. The number of nitrogens with zero attached hydrogens (tertiary/aromatic N) is 4. The number of halogens is 1. The van der Waals surface area contributed by atoms with Crippen LogP contribution in [0.4, 0.5) is 5.69 Å². The van der Waals surface area contributed by atoms with E-state index in [2.05, 4.69) is 5.10 Å². The van der Waals surface area contributed by atoms with Crippen LogP contribution in [0.5, 0.6) is 0 Å². The normalized spacial score (nSPS) is 18.1. The van der Waals surface area contributed by atoms with E-state index in [-0.39, 0.29) is 22.5 Å². The maximum Gasteiger partial charge on any atom is 0.323 e. The number of hydrogen-bond acceptors (Lipinski definition) is 5. The molecule has 1 aromatic carbocycles. The molecule has 142 valence electrons. The standard InChI is InChI=1S/C17H17ClN4O4S/c1-20(2)27(25,26)22-14-9-10(7-8-13(14)15(18)19-22)21-16(23)11-5-3-4-6-12(11)17(21)24/h7-9H,3-6H2,1-2H3. The van der Waals surface area contributed by atoms with Crippen molar-refractivity contribution in [2.75, 3.05) is 19.0 Å². The van der Waals surface area contributed by atoms with E-state index < -0.39 is 10.2 Å². The van der Waals surface area contributed by atoms with E-state index in [0.29, 0.717) is 35.1 Å². The van der Waals surface area contributed by atoms with E-state index in [1.165, 1.54) is 20.2 Å². The molecule has 2 amide bonds. The van der Waals surface area contributed by atoms with Crippen molar-refractivity contribution in [2.24, 2.45) is 0 Å². The van der Waals surface area contributed by atoms with Crippen LogP contribution in [0.25, 0.3) is 10.9 Å². The molecule has 0 radical (unpaired) electrons. The summed E-state index contributed by atoms with van der Waals surface area (Å²) in [6, 6.07) is 4.61. The van der Waals surface area contributed by atoms with Gasteiger partial charge < -0.3 is 0 Å². The third kappa shape index (κ3) is 2.60. The quantitative estimate of drug-likeness (QED) is 0.725. The monoisotopic (exact) mass is 408 g/mol. The maximum absolute atomic E-state index is 12.8. The molecule has 4 rings (SSSR count). The molecule has 1 aromatic heterocycles. The van der Waals surface area contributed by atoms with E-state index >= 15 is 0 Å². The summed E-state index contributed by atoms with van der Waals surface area (Å²) in [7, 11) is -1.15. The molecule has 2 aliphatic rings. The number of benzene rings is 1. The molecular formula is C17H17ClN4O4S. The van der Waals surface area contributed by atoms with Gasteiger partial charge in [0, 0.05) is 30.6 Å². The van der Waals surface area contributed by atoms with Gasteiger partial charge in [-0.15, -0.1) is 9.19 Å². The zero-order valence-corrected chi connectivity index (χ0v) is 16.3. The number of rotatable bonds is 3. The van der Waals surface area contributed by atoms with Gasteiger partial charge in [-0.25, -0.2) is 4.90 Å². The third-order valence-corrected chi connectivity index (χ3v) is 6.83. The van der Waals surface area contributed by atoms with Crippen molar-refractivity contribution in [1.29, 1.82) is 0 Å². The Morgan fingerprint density at radius 3 is 2.22 bits per heavy atom. The smallest absolute Gasteiger partial charge is 0.269 e. The molecule has 10 heteroatoms. The Hall–Kier alpha value is -2.23. The van der Waals surface area contributed by atoms with Crippen molar-refractivity contribution in [2.45, 2.75) is 25.7 Å². The van der Waals surface area contributed by atoms with Gasteiger partial charge in [0.2, 0.25) is 0 Å². The fourth-order valence-corrected chi connectivity index (χ4v) is 4.66. The molecule has 2 aromatic rings. The first-order valence-corrected chi connectivity index (χ1v) is 10.2. The summed E-state index contributed by atoms with van der Waals surface area (Å²) in [6.07, 6.45) is 2.96. The molecule has 0 bridgehead atoms. The maximum atomic E-state index is 12.8. The largest absolute Gasteiger partial charge is 0.323 e. The molecule has 0 saturated heterocycles. The molecule has 0 unspecified atom stereocenters. The van der Waals surface area contributed by atoms with Gasteiger partial charge in [0.1, 0.15) is 0 Å². The molecule has 0 N–H and O–H groups in total. The van der Waals surface area contributed by atoms with Crippen LogP contribution in [-0.2, 0) is 19.8 Å². The Bertz CT molecular complexity index is 1110. The van der Waals surface area contributed by atoms with Crippen molar-refractivity contribution >= 4 is 50.2 Å². The summed E-state index contributed by atoms with van der Waals surface area (Å²) >= 11 is 6.09. The van der Waals surface area contributed by atoms with E-state index in [4.69, 9.17) is 11.6 Å². The molecule has 0 fully saturated rings. The number of amides is 2. The van der Waals surface area contributed by atoms with Gasteiger partial charge in [-0.3, -0.25) is 9.59 Å². The highest BCUT2D eigenvalue weighted by Gasteiger charge is 2.40. The lowest BCUT2D eigenvalue weighted by molar-refractivity contribution is -0.120. The first-order valence-electron chi connectivity index (χ1n) is 8.45. The molecule has 1 aliphatic carbocycles. The van der Waals surface area contributed by atoms with Crippen molar-refractivity contribution < 1.29 is 18.0 Å². The zero-order chi connectivity index (χ0) is 19.5. The van der Waals surface area contributed by atoms with Crippen molar-refractivity contribution in [1.82, 2.24) is 13.5 Å². The lowest BCUT2D eigenvalue weighted by Gasteiger charge is -2.16. The highest BCUT2D eigenvalue weighted by molar-refractivity contribution is 7.87. The van der Waals surface area contributed by atoms with E-state index in [1.54, 1.807) is 12.1 Å². The van der Waals surface area contributed by atoms with Crippen LogP contribution >= 0.6 is 11.6 Å². The molecule has 1 aliphatic heterocycles. The average molecular weight is 409 g/mol. The minimum Gasteiger partial charge on any atom is -0.269 e. The Kier molecular flexibility index (Phi) is 4.13. The second-order valence-electron chi connectivity index (χ2n) is 6.74. The van der Waals surface area contributed by atoms with E-state index in [9.17, 15) is 18.0 Å². The van der Waals surface area contributed by atoms with Gasteiger partial charge in [-0.1, -0.05) is 11.6 Å². The number of carbonyl (C=O) groups excluding carboxylic acids is 2. The van der Waals surface area contributed by atoms with Crippen LogP contribution < -0.4 is 4.90 Å². The molecular weight excluding hydrogens is 392 g/mol. The van der Waals surface area contributed by atoms with Crippen LogP contribution in [-0.4, -0.2) is 47.8 Å². The summed E-state index contributed by atoms with van der Waals surface area (Å²) in [4.78, 5) is 26.6. The predicted octanol–water partition coefficient (Wildman–Crippen LogP) is 2.09. The molecule has 0 saturated carbocycles. The number of anilines is 1. The van der Waals surface area contributed by atoms with Crippen LogP contribution in [0.2, 0.25) is 5.15 Å². The third-order valence-electron chi connectivity index (χ3n) is 4.92. The van der Waals surface area contributed by atoms with Gasteiger partial charge in [-0.05, 0) is 43.9 Å². The Balaban J connectivity index is 1.86. The molecule has 8 nitrogen and oxygen atoms in total. The SMILES string of the molecule is CN(C)S(=O)(=O)n1nc(Cl)c2ccc(N3C(=O)C4=C(CCCC4)C3=O)cc21. The van der Waals surface area contributed by atoms with Gasteiger partial charge in [-0.2, -0.15) is 12.7 Å². The first kappa shape index (κ1) is 18.1. The van der Waals surface area contributed by atoms with E-state index in [0.717, 1.165) is 26.1 Å². The van der Waals surface area contributed by atoms with Crippen LogP contribution in [0.1, 0.15) is 25.7 Å². The van der Waals surface area contributed by atoms with Crippen molar-refractivity contribution in [3.8, 4) is 0 Å². The summed E-state index contributed by atoms with van der Waals surface area (Å²) in [5.74, 6) is -0.664.